The van der Waals surface area contributed by atoms with E-state index in [4.69, 9.17) is 15.2 Å². The van der Waals surface area contributed by atoms with Crippen molar-refractivity contribution in [1.29, 1.82) is 0 Å². The monoisotopic (exact) mass is 321 g/mol. The molecular weight excluding hydrogens is 302 g/mol. The lowest BCUT2D eigenvalue weighted by Gasteiger charge is -2.16. The van der Waals surface area contributed by atoms with Crippen LogP contribution in [0.1, 0.15) is 23.9 Å². The lowest BCUT2D eigenvalue weighted by atomic mass is 10.2. The fourth-order valence-corrected chi connectivity index (χ4v) is 2.60. The van der Waals surface area contributed by atoms with Crippen molar-refractivity contribution in [2.45, 2.75) is 31.4 Å². The number of ether oxygens (including phenoxy) is 2. The van der Waals surface area contributed by atoms with Crippen LogP contribution in [0.25, 0.3) is 0 Å². The minimum Gasteiger partial charge on any atom is -0.394 e. The third-order valence-electron chi connectivity index (χ3n) is 3.73. The molecule has 0 aliphatic carbocycles. The molecule has 23 heavy (non-hydrogen) atoms. The Morgan fingerprint density at radius 2 is 2.39 bits per heavy atom. The highest BCUT2D eigenvalue weighted by Gasteiger charge is 2.37. The van der Waals surface area contributed by atoms with E-state index in [0.717, 1.165) is 5.56 Å². The molecule has 1 aromatic rings. The van der Waals surface area contributed by atoms with Crippen LogP contribution in [0.2, 0.25) is 0 Å². The van der Waals surface area contributed by atoms with Crippen LogP contribution < -0.4 is 11.1 Å². The molecule has 0 bridgehead atoms. The number of nitrogens with two attached hydrogens (primary N) is 1. The van der Waals surface area contributed by atoms with Crippen LogP contribution in [0.4, 0.5) is 5.82 Å². The summed E-state index contributed by atoms with van der Waals surface area (Å²) in [5, 5.41) is 26.5. The third kappa shape index (κ3) is 3.02. The number of fused-ring (bicyclic) bond motifs is 1. The Bertz CT molecular complexity index is 675. The van der Waals surface area contributed by atoms with Crippen LogP contribution in [-0.2, 0) is 16.0 Å². The summed E-state index contributed by atoms with van der Waals surface area (Å²) >= 11 is 0. The van der Waals surface area contributed by atoms with Gasteiger partial charge >= 0.3 is 0 Å². The van der Waals surface area contributed by atoms with Crippen molar-refractivity contribution in [3.63, 3.8) is 0 Å². The Morgan fingerprint density at radius 3 is 3.09 bits per heavy atom. The smallest absolute Gasteiger partial charge is 0.195 e. The molecule has 3 rings (SSSR count). The van der Waals surface area contributed by atoms with Gasteiger partial charge in [-0.3, -0.25) is 0 Å². The highest BCUT2D eigenvalue weighted by molar-refractivity contribution is 5.83. The van der Waals surface area contributed by atoms with Gasteiger partial charge < -0.3 is 30.7 Å². The van der Waals surface area contributed by atoms with Gasteiger partial charge in [-0.05, 0) is 5.92 Å². The molecule has 124 valence electrons. The molecular formula is C14H19N5O4. The van der Waals surface area contributed by atoms with E-state index in [1.165, 1.54) is 0 Å². The van der Waals surface area contributed by atoms with E-state index in [9.17, 15) is 10.2 Å². The minimum absolute atomic E-state index is 0.255. The van der Waals surface area contributed by atoms with Crippen LogP contribution in [0.5, 0.6) is 0 Å². The Labute approximate surface area is 133 Å². The number of hydrogen-bond donors (Lipinski definition) is 4. The zero-order valence-corrected chi connectivity index (χ0v) is 12.7. The summed E-state index contributed by atoms with van der Waals surface area (Å²) in [5.41, 5.74) is 7.12. The number of aliphatic imine (C=N–C) groups is 1. The number of aromatic nitrogens is 2. The molecule has 1 fully saturated rings. The number of guanidine groups is 1. The molecule has 3 unspecified atom stereocenters. The Kier molecular flexibility index (Phi) is 4.49. The Morgan fingerprint density at radius 1 is 1.57 bits per heavy atom. The molecule has 3 heterocycles. The molecule has 2 aliphatic heterocycles. The summed E-state index contributed by atoms with van der Waals surface area (Å²) in [6, 6.07) is 0. The average molecular weight is 321 g/mol. The summed E-state index contributed by atoms with van der Waals surface area (Å²) in [6.45, 7) is 0.501. The number of hydrogen-bond acceptors (Lipinski definition) is 8. The molecule has 2 aliphatic rings. The first-order valence-corrected chi connectivity index (χ1v) is 7.25. The van der Waals surface area contributed by atoms with E-state index in [0.29, 0.717) is 31.1 Å². The largest absolute Gasteiger partial charge is 0.394 e. The van der Waals surface area contributed by atoms with Crippen LogP contribution in [0.15, 0.2) is 4.99 Å². The van der Waals surface area contributed by atoms with Crippen LogP contribution in [0, 0.1) is 11.8 Å². The van der Waals surface area contributed by atoms with Gasteiger partial charge in [-0.25, -0.2) is 4.68 Å². The quantitative estimate of drug-likeness (QED) is 0.503. The first-order chi connectivity index (χ1) is 11.1. The van der Waals surface area contributed by atoms with Crippen molar-refractivity contribution >= 4 is 11.8 Å². The Hall–Kier alpha value is -2.12. The van der Waals surface area contributed by atoms with Gasteiger partial charge in [0.1, 0.15) is 18.4 Å². The van der Waals surface area contributed by atoms with Crippen molar-refractivity contribution in [3.05, 3.63) is 11.3 Å². The zero-order valence-electron chi connectivity index (χ0n) is 12.7. The molecule has 1 saturated heterocycles. The molecule has 1 aromatic heterocycles. The van der Waals surface area contributed by atoms with Gasteiger partial charge in [0.2, 0.25) is 0 Å². The lowest BCUT2D eigenvalue weighted by Crippen LogP contribution is -2.33. The normalized spacial score (nSPS) is 26.0. The second-order valence-electron chi connectivity index (χ2n) is 5.30. The molecule has 0 aromatic carbocycles. The summed E-state index contributed by atoms with van der Waals surface area (Å²) in [4.78, 5) is 4.28. The molecule has 5 N–H and O–H groups in total. The maximum absolute atomic E-state index is 9.91. The standard InChI is InChI=1S/C14H19N5O4/c1-22-4-2-3-9-8-6-16-14(15)17-13(8)19(18-9)12-5-10(21)11(7-20)23-12/h10-12,20-21H,4-7H2,1H3,(H3,15,16,17). The summed E-state index contributed by atoms with van der Waals surface area (Å²) < 4.78 is 12.1. The fraction of sp³-hybridized carbons (Fsp3) is 0.571. The van der Waals surface area contributed by atoms with Crippen molar-refractivity contribution in [1.82, 2.24) is 15.1 Å². The third-order valence-corrected chi connectivity index (χ3v) is 3.73. The molecule has 0 spiro atoms. The van der Waals surface area contributed by atoms with Gasteiger partial charge in [0.25, 0.3) is 0 Å². The van der Waals surface area contributed by atoms with E-state index in [1.54, 1.807) is 11.8 Å². The molecule has 3 atom stereocenters. The predicted octanol–water partition coefficient (Wildman–Crippen LogP) is -1.43. The van der Waals surface area contributed by atoms with Crippen LogP contribution in [-0.4, -0.2) is 58.5 Å². The zero-order chi connectivity index (χ0) is 16.4. The van der Waals surface area contributed by atoms with Crippen molar-refractivity contribution < 1.29 is 19.7 Å². The number of nitrogens with one attached hydrogen (secondary N) is 1. The number of nitrogens with zero attached hydrogens (tertiary/aromatic N) is 3. The summed E-state index contributed by atoms with van der Waals surface area (Å²) in [5.74, 6) is 6.64. The second kappa shape index (κ2) is 6.55. The number of methoxy groups -OCH3 is 1. The van der Waals surface area contributed by atoms with Crippen LogP contribution >= 0.6 is 0 Å². The van der Waals surface area contributed by atoms with E-state index < -0.39 is 18.4 Å². The number of rotatable bonds is 3. The maximum atomic E-state index is 9.91. The van der Waals surface area contributed by atoms with E-state index in [-0.39, 0.29) is 12.6 Å². The number of aliphatic hydroxyl groups is 2. The van der Waals surface area contributed by atoms with E-state index in [2.05, 4.69) is 27.2 Å². The van der Waals surface area contributed by atoms with Gasteiger partial charge in [0.15, 0.2) is 18.0 Å². The summed E-state index contributed by atoms with van der Waals surface area (Å²) in [7, 11) is 1.57. The summed E-state index contributed by atoms with van der Waals surface area (Å²) in [6.07, 6.45) is -1.60. The molecule has 9 heteroatoms. The van der Waals surface area contributed by atoms with Gasteiger partial charge in [-0.15, -0.1) is 0 Å². The molecule has 9 nitrogen and oxygen atoms in total. The lowest BCUT2D eigenvalue weighted by molar-refractivity contribution is -0.0478. The van der Waals surface area contributed by atoms with Gasteiger partial charge in [0, 0.05) is 20.1 Å². The average Bonchev–Trinajstić information content (AvgIpc) is 3.08. The van der Waals surface area contributed by atoms with Crippen molar-refractivity contribution in [2.24, 2.45) is 10.7 Å². The predicted molar refractivity (Wildman–Crippen MR) is 80.7 cm³/mol. The minimum atomic E-state index is -0.754. The molecule has 0 saturated carbocycles. The van der Waals surface area contributed by atoms with Gasteiger partial charge in [-0.1, -0.05) is 5.92 Å². The van der Waals surface area contributed by atoms with Crippen molar-refractivity contribution in [3.8, 4) is 11.8 Å². The van der Waals surface area contributed by atoms with Gasteiger partial charge in [0.05, 0.1) is 18.3 Å². The first kappa shape index (κ1) is 15.8. The topological polar surface area (TPSA) is 127 Å². The van der Waals surface area contributed by atoms with E-state index in [1.807, 2.05) is 0 Å². The second-order valence-corrected chi connectivity index (χ2v) is 5.30. The highest BCUT2D eigenvalue weighted by Crippen LogP contribution is 2.35. The maximum Gasteiger partial charge on any atom is 0.195 e. The molecule has 0 radical (unpaired) electrons. The molecule has 0 amide bonds. The number of aliphatic hydroxyl groups excluding tert-OH is 2. The van der Waals surface area contributed by atoms with Gasteiger partial charge in [-0.2, -0.15) is 10.1 Å². The van der Waals surface area contributed by atoms with E-state index >= 15 is 0 Å². The first-order valence-electron chi connectivity index (χ1n) is 7.25. The highest BCUT2D eigenvalue weighted by atomic mass is 16.5. The Balaban J connectivity index is 1.97. The SMILES string of the molecule is COCC#Cc1nn(C2CC(O)C(CO)O2)c2c1CNC(N)=N2. The van der Waals surface area contributed by atoms with Crippen molar-refractivity contribution in [2.75, 3.05) is 20.3 Å². The van der Waals surface area contributed by atoms with Crippen LogP contribution in [0.3, 0.4) is 0 Å². The fourth-order valence-electron chi connectivity index (χ4n) is 2.60.